The Morgan fingerprint density at radius 1 is 1.04 bits per heavy atom. The molecule has 26 heavy (non-hydrogen) atoms. The lowest BCUT2D eigenvalue weighted by atomic mass is 10.4. The van der Waals surface area contributed by atoms with Crippen LogP contribution in [0.15, 0.2) is 11.3 Å². The van der Waals surface area contributed by atoms with Crippen molar-refractivity contribution in [2.24, 2.45) is 5.73 Å². The second-order valence-electron chi connectivity index (χ2n) is 5.42. The molecule has 0 amide bonds. The lowest BCUT2D eigenvalue weighted by Gasteiger charge is -2.25. The summed E-state index contributed by atoms with van der Waals surface area (Å²) >= 11 is 0. The zero-order valence-electron chi connectivity index (χ0n) is 16.3. The summed E-state index contributed by atoms with van der Waals surface area (Å²) in [4.78, 5) is 24.3. The first-order valence-electron chi connectivity index (χ1n) is 8.94. The molecule has 9 heteroatoms. The molecule has 0 fully saturated rings. The van der Waals surface area contributed by atoms with Gasteiger partial charge in [0.1, 0.15) is 14.7 Å². The van der Waals surface area contributed by atoms with Crippen molar-refractivity contribution in [2.75, 3.05) is 47.2 Å². The molecule has 1 atom stereocenters. The minimum Gasteiger partial charge on any atom is -0.463 e. The van der Waals surface area contributed by atoms with Crippen molar-refractivity contribution in [3.05, 3.63) is 11.3 Å². The molecule has 0 rings (SSSR count). The Kier molecular flexibility index (Phi) is 15.2. The van der Waals surface area contributed by atoms with E-state index in [0.717, 1.165) is 6.42 Å². The number of carbonyl (C=O) groups excluding carboxylic acids is 2. The maximum Gasteiger partial charge on any atom is 0.330 e. The minimum absolute atomic E-state index is 0.215. The van der Waals surface area contributed by atoms with Crippen LogP contribution >= 0.6 is 0 Å². The van der Waals surface area contributed by atoms with E-state index in [4.69, 9.17) is 29.4 Å². The van der Waals surface area contributed by atoms with Gasteiger partial charge in [-0.1, -0.05) is 0 Å². The smallest absolute Gasteiger partial charge is 0.330 e. The number of nitrogens with two attached hydrogens (primary N) is 1. The molecule has 0 aliphatic heterocycles. The average Bonchev–Trinajstić information content (AvgIpc) is 2.62. The van der Waals surface area contributed by atoms with Crippen molar-refractivity contribution in [2.45, 2.75) is 38.6 Å². The Bertz CT molecular complexity index is 427. The lowest BCUT2D eigenvalue weighted by molar-refractivity contribution is -0.140. The monoisotopic (exact) mass is 391 g/mol. The topological polar surface area (TPSA) is 106 Å². The molecule has 0 heterocycles. The van der Waals surface area contributed by atoms with Gasteiger partial charge in [-0.05, 0) is 39.3 Å². The first-order chi connectivity index (χ1) is 12.5. The Morgan fingerprint density at radius 2 is 1.65 bits per heavy atom. The van der Waals surface area contributed by atoms with E-state index in [0.29, 0.717) is 37.4 Å². The van der Waals surface area contributed by atoms with Crippen LogP contribution in [0.3, 0.4) is 0 Å². The van der Waals surface area contributed by atoms with E-state index in [-0.39, 0.29) is 13.2 Å². The summed E-state index contributed by atoms with van der Waals surface area (Å²) in [5, 5.41) is 0.306. The van der Waals surface area contributed by atoms with E-state index < -0.39 is 26.6 Å². The van der Waals surface area contributed by atoms with Gasteiger partial charge in [0.2, 0.25) is 0 Å². The van der Waals surface area contributed by atoms with Crippen LogP contribution in [0.5, 0.6) is 0 Å². The van der Waals surface area contributed by atoms with Crippen molar-refractivity contribution in [3.8, 4) is 0 Å². The number of rotatable bonds is 15. The Hall–Kier alpha value is -1.26. The van der Waals surface area contributed by atoms with Gasteiger partial charge in [0, 0.05) is 38.7 Å². The van der Waals surface area contributed by atoms with E-state index >= 15 is 0 Å². The van der Waals surface area contributed by atoms with Crippen LogP contribution < -0.4 is 5.73 Å². The van der Waals surface area contributed by atoms with Gasteiger partial charge in [-0.25, -0.2) is 9.59 Å². The molecule has 152 valence electrons. The summed E-state index contributed by atoms with van der Waals surface area (Å²) in [6.45, 7) is 5.59. The Labute approximate surface area is 157 Å². The summed E-state index contributed by atoms with van der Waals surface area (Å²) in [6, 6.07) is 0.652. The quantitative estimate of drug-likeness (QED) is 0.143. The van der Waals surface area contributed by atoms with Crippen molar-refractivity contribution in [3.63, 3.8) is 0 Å². The standard InChI is InChI=1S/C17H33NO7Si/c1-5-24-15(19)13-14(16(20)25-6-2)26(17(21-3)22-4)12-8-11-23-10-7-9-18/h13,17,26H,5-12,18H2,1-4H3/b14-13+. The van der Waals surface area contributed by atoms with Crippen LogP contribution in [0.25, 0.3) is 0 Å². The molecule has 0 bridgehead atoms. The molecule has 0 aromatic heterocycles. The Balaban J connectivity index is 5.24. The number of carbonyl (C=O) groups is 2. The summed E-state index contributed by atoms with van der Waals surface area (Å²) in [5.41, 5.74) is 5.43. The van der Waals surface area contributed by atoms with Crippen LogP contribution in [0.4, 0.5) is 0 Å². The molecule has 0 aromatic carbocycles. The lowest BCUT2D eigenvalue weighted by Crippen LogP contribution is -2.40. The zero-order valence-corrected chi connectivity index (χ0v) is 17.5. The van der Waals surface area contributed by atoms with E-state index in [1.54, 1.807) is 13.8 Å². The molecule has 0 saturated heterocycles. The second kappa shape index (κ2) is 16.0. The molecule has 0 spiro atoms. The third-order valence-electron chi connectivity index (χ3n) is 3.56. The first kappa shape index (κ1) is 24.7. The van der Waals surface area contributed by atoms with Crippen molar-refractivity contribution in [1.29, 1.82) is 0 Å². The number of hydrogen-bond donors (Lipinski definition) is 1. The summed E-state index contributed by atoms with van der Waals surface area (Å²) in [6.07, 6.45) is 2.74. The molecule has 0 aliphatic rings. The van der Waals surface area contributed by atoms with Crippen molar-refractivity contribution < 1.29 is 33.3 Å². The minimum atomic E-state index is -2.16. The fourth-order valence-electron chi connectivity index (χ4n) is 2.40. The predicted octanol–water partition coefficient (Wildman–Crippen LogP) is 0.719. The maximum atomic E-state index is 12.4. The van der Waals surface area contributed by atoms with Crippen molar-refractivity contribution in [1.82, 2.24) is 0 Å². The molecule has 2 N–H and O–H groups in total. The largest absolute Gasteiger partial charge is 0.463 e. The van der Waals surface area contributed by atoms with Crippen LogP contribution in [-0.2, 0) is 33.3 Å². The highest BCUT2D eigenvalue weighted by Gasteiger charge is 2.32. The van der Waals surface area contributed by atoms with Crippen LogP contribution in [0, 0.1) is 0 Å². The predicted molar refractivity (Wildman–Crippen MR) is 100 cm³/mol. The molecule has 0 radical (unpaired) electrons. The van der Waals surface area contributed by atoms with Crippen LogP contribution in [0.1, 0.15) is 26.7 Å². The normalized spacial score (nSPS) is 12.9. The molecular formula is C17H33NO7Si. The molecule has 8 nitrogen and oxygen atoms in total. The maximum absolute atomic E-state index is 12.4. The van der Waals surface area contributed by atoms with Gasteiger partial charge in [-0.3, -0.25) is 0 Å². The first-order valence-corrected chi connectivity index (χ1v) is 11.0. The van der Waals surface area contributed by atoms with Gasteiger partial charge in [-0.15, -0.1) is 0 Å². The summed E-state index contributed by atoms with van der Waals surface area (Å²) < 4.78 is 26.4. The van der Waals surface area contributed by atoms with E-state index in [1.165, 1.54) is 20.3 Å². The molecule has 0 saturated carbocycles. The van der Waals surface area contributed by atoms with Crippen molar-refractivity contribution >= 4 is 20.7 Å². The zero-order chi connectivity index (χ0) is 19.8. The molecule has 1 unspecified atom stereocenters. The van der Waals surface area contributed by atoms with E-state index in [9.17, 15) is 9.59 Å². The molecule has 0 aliphatic carbocycles. The third-order valence-corrected chi connectivity index (χ3v) is 6.99. The number of methoxy groups -OCH3 is 2. The molecule has 0 aromatic rings. The third kappa shape index (κ3) is 10.0. The van der Waals surface area contributed by atoms with Gasteiger partial charge in [-0.2, -0.15) is 0 Å². The fourth-order valence-corrected chi connectivity index (χ4v) is 5.27. The van der Waals surface area contributed by atoms with Gasteiger partial charge in [0.05, 0.1) is 13.2 Å². The number of hydrogen-bond acceptors (Lipinski definition) is 8. The van der Waals surface area contributed by atoms with Gasteiger partial charge < -0.3 is 29.4 Å². The van der Waals surface area contributed by atoms with Gasteiger partial charge in [0.25, 0.3) is 0 Å². The fraction of sp³-hybridized carbons (Fsp3) is 0.765. The number of ether oxygens (including phenoxy) is 5. The van der Waals surface area contributed by atoms with Gasteiger partial charge >= 0.3 is 11.9 Å². The Morgan fingerprint density at radius 3 is 2.19 bits per heavy atom. The van der Waals surface area contributed by atoms with E-state index in [1.807, 2.05) is 0 Å². The van der Waals surface area contributed by atoms with Crippen LogP contribution in [-0.4, -0.2) is 73.8 Å². The highest BCUT2D eigenvalue weighted by atomic mass is 28.3. The average molecular weight is 392 g/mol. The summed E-state index contributed by atoms with van der Waals surface area (Å²) in [5.74, 6) is -1.66. The highest BCUT2D eigenvalue weighted by molar-refractivity contribution is 6.73. The SMILES string of the molecule is CCOC(=O)/C=C(\C(=O)OCC)[SiH](CCCOCCCN)C(OC)OC. The molecular weight excluding hydrogens is 358 g/mol. The van der Waals surface area contributed by atoms with Gasteiger partial charge in [0.15, 0.2) is 0 Å². The van der Waals surface area contributed by atoms with Crippen LogP contribution in [0.2, 0.25) is 6.04 Å². The second-order valence-corrected chi connectivity index (χ2v) is 8.37. The summed E-state index contributed by atoms with van der Waals surface area (Å²) in [7, 11) is 0.869. The van der Waals surface area contributed by atoms with E-state index in [2.05, 4.69) is 0 Å². The highest BCUT2D eigenvalue weighted by Crippen LogP contribution is 2.18. The number of esters is 2.